The molecule has 2 aromatic rings. The maximum Gasteiger partial charge on any atom is 0.167 e. The fraction of sp³-hybridized carbons (Fsp3) is 0.188. The standard InChI is InChI=1S/C16H15FO2/c1-11-9-12(7-8-14(11)17)15(18)10-13-5-3-4-6-16(13)19-2/h3-9H,10H2,1-2H3. The van der Waals surface area contributed by atoms with Crippen LogP contribution in [0.1, 0.15) is 21.5 Å². The van der Waals surface area contributed by atoms with Crippen LogP contribution in [0.15, 0.2) is 42.5 Å². The molecular weight excluding hydrogens is 243 g/mol. The largest absolute Gasteiger partial charge is 0.496 e. The van der Waals surface area contributed by atoms with Gasteiger partial charge in [-0.25, -0.2) is 4.39 Å². The minimum absolute atomic E-state index is 0.0485. The van der Waals surface area contributed by atoms with E-state index in [9.17, 15) is 9.18 Å². The van der Waals surface area contributed by atoms with Crippen molar-refractivity contribution in [2.45, 2.75) is 13.3 Å². The van der Waals surface area contributed by atoms with Gasteiger partial charge in [0.1, 0.15) is 11.6 Å². The Morgan fingerprint density at radius 3 is 2.63 bits per heavy atom. The van der Waals surface area contributed by atoms with Crippen molar-refractivity contribution in [3.05, 3.63) is 65.0 Å². The molecule has 0 amide bonds. The number of carbonyl (C=O) groups is 1. The van der Waals surface area contributed by atoms with E-state index >= 15 is 0 Å². The minimum Gasteiger partial charge on any atom is -0.496 e. The van der Waals surface area contributed by atoms with Crippen LogP contribution >= 0.6 is 0 Å². The maximum atomic E-state index is 13.2. The van der Waals surface area contributed by atoms with Crippen molar-refractivity contribution in [3.63, 3.8) is 0 Å². The molecule has 3 heteroatoms. The Kier molecular flexibility index (Phi) is 3.95. The van der Waals surface area contributed by atoms with Gasteiger partial charge in [-0.15, -0.1) is 0 Å². The molecule has 0 aliphatic rings. The van der Waals surface area contributed by atoms with Crippen molar-refractivity contribution >= 4 is 5.78 Å². The summed E-state index contributed by atoms with van der Waals surface area (Å²) < 4.78 is 18.4. The van der Waals surface area contributed by atoms with E-state index in [0.717, 1.165) is 5.56 Å². The number of hydrogen-bond acceptors (Lipinski definition) is 2. The highest BCUT2D eigenvalue weighted by Gasteiger charge is 2.11. The zero-order valence-corrected chi connectivity index (χ0v) is 10.9. The van der Waals surface area contributed by atoms with Gasteiger partial charge in [0.25, 0.3) is 0 Å². The summed E-state index contributed by atoms with van der Waals surface area (Å²) in [6.45, 7) is 1.65. The van der Waals surface area contributed by atoms with E-state index < -0.39 is 0 Å². The van der Waals surface area contributed by atoms with Gasteiger partial charge in [-0.05, 0) is 36.8 Å². The number of para-hydroxylation sites is 1. The molecule has 0 N–H and O–H groups in total. The lowest BCUT2D eigenvalue weighted by Gasteiger charge is -2.08. The molecule has 19 heavy (non-hydrogen) atoms. The summed E-state index contributed by atoms with van der Waals surface area (Å²) in [4.78, 5) is 12.2. The molecule has 0 aliphatic carbocycles. The van der Waals surface area contributed by atoms with Gasteiger partial charge in [-0.2, -0.15) is 0 Å². The molecular formula is C16H15FO2. The molecule has 0 atom stereocenters. The van der Waals surface area contributed by atoms with Crippen LogP contribution < -0.4 is 4.74 Å². The average Bonchev–Trinajstić information content (AvgIpc) is 2.42. The normalized spacial score (nSPS) is 10.3. The smallest absolute Gasteiger partial charge is 0.167 e. The molecule has 0 spiro atoms. The lowest BCUT2D eigenvalue weighted by molar-refractivity contribution is 0.0992. The van der Waals surface area contributed by atoms with Crippen molar-refractivity contribution in [2.75, 3.05) is 7.11 Å². The molecule has 0 radical (unpaired) electrons. The molecule has 0 aliphatic heterocycles. The van der Waals surface area contributed by atoms with E-state index in [1.54, 1.807) is 20.1 Å². The van der Waals surface area contributed by atoms with Crippen molar-refractivity contribution in [2.24, 2.45) is 0 Å². The summed E-state index contributed by atoms with van der Waals surface area (Å²) in [5.41, 5.74) is 1.83. The van der Waals surface area contributed by atoms with Crippen molar-refractivity contribution in [1.82, 2.24) is 0 Å². The zero-order chi connectivity index (χ0) is 13.8. The van der Waals surface area contributed by atoms with E-state index in [-0.39, 0.29) is 18.0 Å². The Morgan fingerprint density at radius 2 is 1.95 bits per heavy atom. The Labute approximate surface area is 111 Å². The number of hydrogen-bond donors (Lipinski definition) is 0. The van der Waals surface area contributed by atoms with Gasteiger partial charge >= 0.3 is 0 Å². The predicted octanol–water partition coefficient (Wildman–Crippen LogP) is 3.57. The summed E-state index contributed by atoms with van der Waals surface area (Å²) in [6, 6.07) is 11.8. The first-order valence-electron chi connectivity index (χ1n) is 6.03. The van der Waals surface area contributed by atoms with Crippen LogP contribution in [0, 0.1) is 12.7 Å². The fourth-order valence-corrected chi connectivity index (χ4v) is 1.94. The van der Waals surface area contributed by atoms with Crippen LogP contribution in [0.5, 0.6) is 5.75 Å². The molecule has 0 unspecified atom stereocenters. The fourth-order valence-electron chi connectivity index (χ4n) is 1.94. The number of Topliss-reactive ketones (excluding diaryl/α,β-unsaturated/α-hetero) is 1. The molecule has 2 nitrogen and oxygen atoms in total. The number of methoxy groups -OCH3 is 1. The van der Waals surface area contributed by atoms with Crippen LogP contribution in [-0.2, 0) is 6.42 Å². The molecule has 98 valence electrons. The Bertz CT molecular complexity index is 605. The lowest BCUT2D eigenvalue weighted by Crippen LogP contribution is -2.05. The van der Waals surface area contributed by atoms with Crippen molar-refractivity contribution < 1.29 is 13.9 Å². The second-order valence-electron chi connectivity index (χ2n) is 4.38. The quantitative estimate of drug-likeness (QED) is 0.784. The van der Waals surface area contributed by atoms with Crippen LogP contribution in [0.4, 0.5) is 4.39 Å². The van der Waals surface area contributed by atoms with E-state index in [2.05, 4.69) is 0 Å². The molecule has 0 saturated carbocycles. The first-order valence-corrected chi connectivity index (χ1v) is 6.03. The molecule has 2 rings (SSSR count). The second-order valence-corrected chi connectivity index (χ2v) is 4.38. The van der Waals surface area contributed by atoms with E-state index in [1.807, 2.05) is 24.3 Å². The third-order valence-electron chi connectivity index (χ3n) is 3.02. The van der Waals surface area contributed by atoms with Gasteiger partial charge in [-0.3, -0.25) is 4.79 Å². The van der Waals surface area contributed by atoms with E-state index in [1.165, 1.54) is 12.1 Å². The number of ether oxygens (including phenoxy) is 1. The highest BCUT2D eigenvalue weighted by atomic mass is 19.1. The second kappa shape index (κ2) is 5.65. The van der Waals surface area contributed by atoms with Gasteiger partial charge < -0.3 is 4.74 Å². The third-order valence-corrected chi connectivity index (χ3v) is 3.02. The molecule has 0 aromatic heterocycles. The first kappa shape index (κ1) is 13.3. The Balaban J connectivity index is 2.23. The molecule has 0 saturated heterocycles. The van der Waals surface area contributed by atoms with Crippen molar-refractivity contribution in [1.29, 1.82) is 0 Å². The van der Waals surface area contributed by atoms with E-state index in [0.29, 0.717) is 16.9 Å². The highest BCUT2D eigenvalue weighted by Crippen LogP contribution is 2.20. The molecule has 2 aromatic carbocycles. The SMILES string of the molecule is COc1ccccc1CC(=O)c1ccc(F)c(C)c1. The number of carbonyl (C=O) groups excluding carboxylic acids is 1. The highest BCUT2D eigenvalue weighted by molar-refractivity contribution is 5.97. The Hall–Kier alpha value is -2.16. The van der Waals surface area contributed by atoms with Gasteiger partial charge in [0.15, 0.2) is 5.78 Å². The zero-order valence-electron chi connectivity index (χ0n) is 10.9. The average molecular weight is 258 g/mol. The summed E-state index contributed by atoms with van der Waals surface area (Å²) >= 11 is 0. The predicted molar refractivity (Wildman–Crippen MR) is 72.2 cm³/mol. The van der Waals surface area contributed by atoms with Gasteiger partial charge in [0.05, 0.1) is 7.11 Å². The summed E-state index contributed by atoms with van der Waals surface area (Å²) in [6.07, 6.45) is 0.245. The van der Waals surface area contributed by atoms with Crippen LogP contribution in [-0.4, -0.2) is 12.9 Å². The van der Waals surface area contributed by atoms with Gasteiger partial charge in [0, 0.05) is 17.5 Å². The van der Waals surface area contributed by atoms with Crippen LogP contribution in [0.2, 0.25) is 0 Å². The minimum atomic E-state index is -0.297. The monoisotopic (exact) mass is 258 g/mol. The van der Waals surface area contributed by atoms with Gasteiger partial charge in [0.2, 0.25) is 0 Å². The third kappa shape index (κ3) is 2.99. The summed E-state index contributed by atoms with van der Waals surface area (Å²) in [5.74, 6) is 0.344. The number of ketones is 1. The number of halogens is 1. The first-order chi connectivity index (χ1) is 9.11. The van der Waals surface area contributed by atoms with Crippen molar-refractivity contribution in [3.8, 4) is 5.75 Å². The topological polar surface area (TPSA) is 26.3 Å². The van der Waals surface area contributed by atoms with Crippen LogP contribution in [0.3, 0.4) is 0 Å². The van der Waals surface area contributed by atoms with Crippen LogP contribution in [0.25, 0.3) is 0 Å². The molecule has 0 heterocycles. The number of benzene rings is 2. The molecule has 0 fully saturated rings. The van der Waals surface area contributed by atoms with E-state index in [4.69, 9.17) is 4.74 Å². The van der Waals surface area contributed by atoms with Gasteiger partial charge in [-0.1, -0.05) is 18.2 Å². The Morgan fingerprint density at radius 1 is 1.21 bits per heavy atom. The lowest BCUT2D eigenvalue weighted by atomic mass is 10.0. The molecule has 0 bridgehead atoms. The summed E-state index contributed by atoms with van der Waals surface area (Å²) in [5, 5.41) is 0. The summed E-state index contributed by atoms with van der Waals surface area (Å²) in [7, 11) is 1.57. The number of rotatable bonds is 4. The maximum absolute atomic E-state index is 13.2. The number of aryl methyl sites for hydroxylation is 1.